The first-order chi connectivity index (χ1) is 9.28. The summed E-state index contributed by atoms with van der Waals surface area (Å²) in [6.07, 6.45) is -0.584. The topological polar surface area (TPSA) is 72.5 Å². The largest absolute Gasteiger partial charge is 0.445 e. The molecular weight excluding hydrogens is 330 g/mol. The molecule has 1 heterocycles. The molecule has 0 bridgehead atoms. The maximum Gasteiger partial charge on any atom is 0.410 e. The number of benzene rings is 1. The van der Waals surface area contributed by atoms with Gasteiger partial charge in [-0.25, -0.2) is 4.79 Å². The number of hydrogen-bond acceptors (Lipinski definition) is 4. The summed E-state index contributed by atoms with van der Waals surface area (Å²) in [5.74, 6) is 0. The Morgan fingerprint density at radius 1 is 1.40 bits per heavy atom. The number of carbonyl (C=O) groups is 1. The van der Waals surface area contributed by atoms with E-state index < -0.39 is 14.8 Å². The molecule has 9 heteroatoms. The number of nitro benzene ring substituents is 1. The monoisotopic (exact) mass is 338 g/mol. The van der Waals surface area contributed by atoms with E-state index in [0.29, 0.717) is 6.54 Å². The number of nitro groups is 1. The Kier molecular flexibility index (Phi) is 4.27. The molecule has 108 valence electrons. The molecule has 0 spiro atoms. The average molecular weight is 340 g/mol. The van der Waals surface area contributed by atoms with Gasteiger partial charge in [-0.3, -0.25) is 15.0 Å². The zero-order valence-electron chi connectivity index (χ0n) is 9.96. The lowest BCUT2D eigenvalue weighted by Gasteiger charge is -2.12. The molecule has 0 saturated carbocycles. The highest BCUT2D eigenvalue weighted by Crippen LogP contribution is 2.36. The minimum atomic E-state index is -1.64. The maximum atomic E-state index is 11.6. The zero-order valence-corrected chi connectivity index (χ0v) is 12.2. The molecule has 1 atom stereocenters. The van der Waals surface area contributed by atoms with Crippen LogP contribution >= 0.6 is 34.8 Å². The summed E-state index contributed by atoms with van der Waals surface area (Å²) >= 11 is 16.4. The van der Waals surface area contributed by atoms with Crippen molar-refractivity contribution >= 4 is 46.6 Å². The summed E-state index contributed by atoms with van der Waals surface area (Å²) < 4.78 is 3.18. The first kappa shape index (κ1) is 15.2. The molecule has 1 aromatic rings. The van der Waals surface area contributed by atoms with Gasteiger partial charge in [0.25, 0.3) is 5.69 Å². The quantitative estimate of drug-likeness (QED) is 0.366. The van der Waals surface area contributed by atoms with Crippen LogP contribution in [0.15, 0.2) is 24.3 Å². The maximum absolute atomic E-state index is 11.6. The van der Waals surface area contributed by atoms with Gasteiger partial charge in [-0.15, -0.1) is 0 Å². The van der Waals surface area contributed by atoms with Crippen LogP contribution in [0, 0.1) is 10.1 Å². The highest BCUT2D eigenvalue weighted by atomic mass is 35.6. The molecule has 2 rings (SSSR count). The van der Waals surface area contributed by atoms with Crippen molar-refractivity contribution in [2.75, 3.05) is 13.2 Å². The summed E-state index contributed by atoms with van der Waals surface area (Å²) in [5, 5.41) is 10.5. The summed E-state index contributed by atoms with van der Waals surface area (Å²) in [4.78, 5) is 23.1. The molecule has 0 aliphatic carbocycles. The van der Waals surface area contributed by atoms with Gasteiger partial charge in [-0.1, -0.05) is 46.9 Å². The number of alkyl halides is 3. The van der Waals surface area contributed by atoms with Crippen LogP contribution in [-0.2, 0) is 4.74 Å². The lowest BCUT2D eigenvalue weighted by molar-refractivity contribution is -0.384. The Hall–Kier alpha value is -1.24. The third kappa shape index (κ3) is 3.88. The second-order valence-electron chi connectivity index (χ2n) is 4.19. The number of nitrogens with zero attached hydrogens (tertiary/aromatic N) is 2. The van der Waals surface area contributed by atoms with Crippen molar-refractivity contribution in [3.05, 3.63) is 39.9 Å². The predicted octanol–water partition coefficient (Wildman–Crippen LogP) is 3.46. The second kappa shape index (κ2) is 5.63. The number of carbonyl (C=O) groups excluding carboxylic acids is 1. The van der Waals surface area contributed by atoms with Crippen molar-refractivity contribution < 1.29 is 14.5 Å². The molecule has 0 N–H and O–H groups in total. The first-order valence-corrected chi connectivity index (χ1v) is 6.66. The van der Waals surface area contributed by atoms with E-state index in [4.69, 9.17) is 39.5 Å². The average Bonchev–Trinajstić information content (AvgIpc) is 3.15. The van der Waals surface area contributed by atoms with Crippen LogP contribution in [0.25, 0.3) is 0 Å². The molecule has 6 nitrogen and oxygen atoms in total. The second-order valence-corrected chi connectivity index (χ2v) is 6.70. The number of rotatable bonds is 3. The van der Waals surface area contributed by atoms with Crippen LogP contribution < -0.4 is 0 Å². The van der Waals surface area contributed by atoms with Crippen molar-refractivity contribution in [2.45, 2.75) is 9.83 Å². The Bertz CT molecular complexity index is 529. The van der Waals surface area contributed by atoms with E-state index in [9.17, 15) is 14.9 Å². The lowest BCUT2D eigenvalue weighted by Crippen LogP contribution is -2.21. The van der Waals surface area contributed by atoms with Crippen molar-refractivity contribution in [3.8, 4) is 0 Å². The van der Waals surface area contributed by atoms with Gasteiger partial charge in [0.1, 0.15) is 6.61 Å². The van der Waals surface area contributed by atoms with Crippen LogP contribution in [0.2, 0.25) is 0 Å². The van der Waals surface area contributed by atoms with E-state index in [1.165, 1.54) is 17.0 Å². The fraction of sp³-hybridized carbons (Fsp3) is 0.364. The third-order valence-electron chi connectivity index (χ3n) is 2.69. The Labute approximate surface area is 129 Å². The molecule has 1 aliphatic rings. The van der Waals surface area contributed by atoms with Crippen molar-refractivity contribution in [3.63, 3.8) is 0 Å². The molecule has 1 unspecified atom stereocenters. The van der Waals surface area contributed by atoms with E-state index in [2.05, 4.69) is 0 Å². The van der Waals surface area contributed by atoms with E-state index in [1.807, 2.05) is 0 Å². The van der Waals surface area contributed by atoms with Gasteiger partial charge in [-0.05, 0) is 5.56 Å². The van der Waals surface area contributed by atoms with Crippen LogP contribution in [0.4, 0.5) is 10.5 Å². The van der Waals surface area contributed by atoms with Crippen molar-refractivity contribution in [2.24, 2.45) is 0 Å². The number of non-ortho nitro benzene ring substituents is 1. The van der Waals surface area contributed by atoms with Gasteiger partial charge >= 0.3 is 6.09 Å². The molecule has 20 heavy (non-hydrogen) atoms. The fourth-order valence-corrected chi connectivity index (χ4v) is 1.83. The van der Waals surface area contributed by atoms with Crippen LogP contribution in [-0.4, -0.2) is 32.9 Å². The summed E-state index contributed by atoms with van der Waals surface area (Å²) in [6, 6.07) is 5.83. The Morgan fingerprint density at radius 2 is 2.00 bits per heavy atom. The van der Waals surface area contributed by atoms with Crippen LogP contribution in [0.3, 0.4) is 0 Å². The minimum absolute atomic E-state index is 0.000250. The summed E-state index contributed by atoms with van der Waals surface area (Å²) in [6.45, 7) is 0.135. The molecule has 1 aliphatic heterocycles. The van der Waals surface area contributed by atoms with Gasteiger partial charge in [-0.2, -0.15) is 0 Å². The standard InChI is InChI=1S/C11H9Cl3N2O4/c12-11(13,14)6-20-10(17)15-5-9(15)7-1-3-8(4-2-7)16(18)19/h1-4,9H,5-6H2. The summed E-state index contributed by atoms with van der Waals surface area (Å²) in [7, 11) is 0. The number of amides is 1. The Balaban J connectivity index is 1.91. The highest BCUT2D eigenvalue weighted by Gasteiger charge is 2.41. The first-order valence-electron chi connectivity index (χ1n) is 5.52. The minimum Gasteiger partial charge on any atom is -0.445 e. The number of ether oxygens (including phenoxy) is 1. The van der Waals surface area contributed by atoms with E-state index in [1.54, 1.807) is 12.1 Å². The molecule has 1 aromatic carbocycles. The normalized spacial score (nSPS) is 17.8. The van der Waals surface area contributed by atoms with E-state index >= 15 is 0 Å². The Morgan fingerprint density at radius 3 is 2.50 bits per heavy atom. The van der Waals surface area contributed by atoms with Gasteiger partial charge in [0, 0.05) is 18.7 Å². The fourth-order valence-electron chi connectivity index (χ4n) is 1.67. The van der Waals surface area contributed by atoms with E-state index in [0.717, 1.165) is 5.56 Å². The predicted molar refractivity (Wildman–Crippen MR) is 74.2 cm³/mol. The number of hydrogen-bond donors (Lipinski definition) is 0. The van der Waals surface area contributed by atoms with Gasteiger partial charge < -0.3 is 4.74 Å². The van der Waals surface area contributed by atoms with Gasteiger partial charge in [0.05, 0.1) is 11.0 Å². The SMILES string of the molecule is O=C(OCC(Cl)(Cl)Cl)N1CC1c1ccc([N+](=O)[O-])cc1. The van der Waals surface area contributed by atoms with Crippen molar-refractivity contribution in [1.82, 2.24) is 4.90 Å². The lowest BCUT2D eigenvalue weighted by atomic mass is 10.1. The number of halogens is 3. The summed E-state index contributed by atoms with van der Waals surface area (Å²) in [5.41, 5.74) is 0.793. The van der Waals surface area contributed by atoms with Crippen LogP contribution in [0.1, 0.15) is 11.6 Å². The zero-order chi connectivity index (χ0) is 14.9. The molecule has 1 saturated heterocycles. The molecule has 1 fully saturated rings. The molecule has 0 radical (unpaired) electrons. The van der Waals surface area contributed by atoms with Gasteiger partial charge in [0.2, 0.25) is 3.79 Å². The van der Waals surface area contributed by atoms with Crippen LogP contribution in [0.5, 0.6) is 0 Å². The highest BCUT2D eigenvalue weighted by molar-refractivity contribution is 6.67. The third-order valence-corrected chi connectivity index (χ3v) is 3.02. The smallest absolute Gasteiger partial charge is 0.410 e. The van der Waals surface area contributed by atoms with Crippen molar-refractivity contribution in [1.29, 1.82) is 0 Å². The van der Waals surface area contributed by atoms with Gasteiger partial charge in [0.15, 0.2) is 0 Å². The molecule has 0 aromatic heterocycles. The molecular formula is C11H9Cl3N2O4. The van der Waals surface area contributed by atoms with E-state index in [-0.39, 0.29) is 18.3 Å². The molecule has 1 amide bonds.